The fourth-order valence-corrected chi connectivity index (χ4v) is 4.88. The molecule has 1 aromatic carbocycles. The highest BCUT2D eigenvalue weighted by molar-refractivity contribution is 8.00. The van der Waals surface area contributed by atoms with Crippen LogP contribution in [0.1, 0.15) is 59.5 Å². The van der Waals surface area contributed by atoms with Crippen molar-refractivity contribution >= 4 is 41.3 Å². The lowest BCUT2D eigenvalue weighted by Gasteiger charge is -2.15. The van der Waals surface area contributed by atoms with E-state index in [9.17, 15) is 4.79 Å². The molecule has 1 saturated heterocycles. The normalized spacial score (nSPS) is 16.6. The van der Waals surface area contributed by atoms with Gasteiger partial charge in [-0.15, -0.1) is 0 Å². The van der Waals surface area contributed by atoms with E-state index in [2.05, 4.69) is 26.7 Å². The molecule has 0 unspecified atom stereocenters. The van der Waals surface area contributed by atoms with Crippen molar-refractivity contribution in [3.8, 4) is 0 Å². The van der Waals surface area contributed by atoms with Crippen LogP contribution in [0.2, 0.25) is 5.02 Å². The number of aryl methyl sites for hydroxylation is 1. The molecule has 1 saturated carbocycles. The molecule has 4 nitrogen and oxygen atoms in total. The van der Waals surface area contributed by atoms with Crippen LogP contribution in [0.5, 0.6) is 0 Å². The third-order valence-electron chi connectivity index (χ3n) is 5.30. The number of carbonyl (C=O) groups is 1. The van der Waals surface area contributed by atoms with Gasteiger partial charge in [0.1, 0.15) is 5.82 Å². The smallest absolute Gasteiger partial charge is 0.150 e. The Morgan fingerprint density at radius 3 is 2.64 bits per heavy atom. The summed E-state index contributed by atoms with van der Waals surface area (Å²) in [5, 5.41) is 3.99. The van der Waals surface area contributed by atoms with Crippen LogP contribution >= 0.6 is 23.5 Å². The fraction of sp³-hybridized carbons (Fsp3) is 0.455. The molecule has 2 fully saturated rings. The van der Waals surface area contributed by atoms with Crippen molar-refractivity contribution in [2.24, 2.45) is 0 Å². The highest BCUT2D eigenvalue weighted by atomic mass is 35.5. The van der Waals surface area contributed by atoms with Crippen molar-refractivity contribution in [3.05, 3.63) is 52.2 Å². The Bertz CT molecular complexity index is 802. The number of nitrogens with zero attached hydrogens (tertiary/aromatic N) is 2. The molecule has 1 aromatic heterocycles. The molecular weight excluding hydrogens is 390 g/mol. The Kier molecular flexibility index (Phi) is 7.63. The van der Waals surface area contributed by atoms with E-state index >= 15 is 0 Å². The highest BCUT2D eigenvalue weighted by Gasteiger charge is 2.17. The van der Waals surface area contributed by atoms with E-state index in [0.717, 1.165) is 52.2 Å². The molecule has 2 heterocycles. The summed E-state index contributed by atoms with van der Waals surface area (Å²) in [4.78, 5) is 15.1. The van der Waals surface area contributed by atoms with Gasteiger partial charge in [-0.05, 0) is 79.4 Å². The van der Waals surface area contributed by atoms with Crippen molar-refractivity contribution in [2.45, 2.75) is 44.9 Å². The Hall–Kier alpha value is -1.72. The number of pyridine rings is 1. The second-order valence-corrected chi connectivity index (χ2v) is 8.85. The summed E-state index contributed by atoms with van der Waals surface area (Å²) >= 11 is 7.84. The SMILES string of the molecule is CNc1cc(Cl)cc(C2CCCC2)c1.Cc1cnc(N2CCCS2)cc1C=O. The third-order valence-corrected chi connectivity index (χ3v) is 6.67. The number of halogens is 1. The van der Waals surface area contributed by atoms with Crippen LogP contribution in [0, 0.1) is 6.92 Å². The summed E-state index contributed by atoms with van der Waals surface area (Å²) in [5.74, 6) is 2.78. The number of benzene rings is 1. The topological polar surface area (TPSA) is 45.2 Å². The molecule has 6 heteroatoms. The second kappa shape index (κ2) is 10.2. The van der Waals surface area contributed by atoms with Crippen molar-refractivity contribution in [1.82, 2.24) is 4.98 Å². The summed E-state index contributed by atoms with van der Waals surface area (Å²) in [6.45, 7) is 2.93. The lowest BCUT2D eigenvalue weighted by molar-refractivity contribution is 0.112. The Balaban J connectivity index is 0.000000161. The molecule has 150 valence electrons. The third kappa shape index (κ3) is 5.42. The quantitative estimate of drug-likeness (QED) is 0.481. The lowest BCUT2D eigenvalue weighted by atomic mass is 9.97. The zero-order valence-electron chi connectivity index (χ0n) is 16.6. The average molecular weight is 418 g/mol. The van der Waals surface area contributed by atoms with Gasteiger partial charge in [-0.1, -0.05) is 24.4 Å². The number of rotatable bonds is 4. The maximum Gasteiger partial charge on any atom is 0.150 e. The molecule has 0 radical (unpaired) electrons. The van der Waals surface area contributed by atoms with E-state index < -0.39 is 0 Å². The van der Waals surface area contributed by atoms with Gasteiger partial charge in [-0.25, -0.2) is 4.98 Å². The van der Waals surface area contributed by atoms with Gasteiger partial charge >= 0.3 is 0 Å². The standard InChI is InChI=1S/C12H16ClN.C10H12N2OS/c1-14-12-7-10(6-11(13)8-12)9-4-2-3-5-9;1-8-6-11-10(5-9(8)7-13)12-3-2-4-14-12/h6-9,14H,2-5H2,1H3;5-7H,2-4H2,1H3. The predicted molar refractivity (Wildman–Crippen MR) is 121 cm³/mol. The number of hydrogen-bond acceptors (Lipinski definition) is 5. The molecule has 4 rings (SSSR count). The van der Waals surface area contributed by atoms with Crippen LogP contribution in [0.4, 0.5) is 11.5 Å². The van der Waals surface area contributed by atoms with E-state index in [4.69, 9.17) is 11.6 Å². The van der Waals surface area contributed by atoms with E-state index in [-0.39, 0.29) is 0 Å². The first kappa shape index (κ1) is 21.0. The van der Waals surface area contributed by atoms with Crippen LogP contribution < -0.4 is 9.62 Å². The van der Waals surface area contributed by atoms with Crippen LogP contribution in [-0.2, 0) is 0 Å². The molecule has 0 atom stereocenters. The number of aldehydes is 1. The summed E-state index contributed by atoms with van der Waals surface area (Å²) < 4.78 is 2.15. The highest BCUT2D eigenvalue weighted by Crippen LogP contribution is 2.36. The second-order valence-electron chi connectivity index (χ2n) is 7.31. The molecule has 0 amide bonds. The van der Waals surface area contributed by atoms with E-state index in [1.165, 1.54) is 37.7 Å². The van der Waals surface area contributed by atoms with Crippen LogP contribution in [0.15, 0.2) is 30.5 Å². The van der Waals surface area contributed by atoms with Gasteiger partial charge in [-0.3, -0.25) is 4.79 Å². The zero-order chi connectivity index (χ0) is 19.9. The maximum absolute atomic E-state index is 10.7. The van der Waals surface area contributed by atoms with Gasteiger partial charge in [0.2, 0.25) is 0 Å². The number of carbonyl (C=O) groups excluding carboxylic acids is 1. The van der Waals surface area contributed by atoms with Crippen molar-refractivity contribution < 1.29 is 4.79 Å². The largest absolute Gasteiger partial charge is 0.388 e. The van der Waals surface area contributed by atoms with Gasteiger partial charge in [0.05, 0.1) is 0 Å². The first-order valence-corrected chi connectivity index (χ1v) is 11.2. The molecule has 0 spiro atoms. The van der Waals surface area contributed by atoms with Gasteiger partial charge in [0, 0.05) is 41.8 Å². The number of anilines is 2. The van der Waals surface area contributed by atoms with Gasteiger partial charge in [-0.2, -0.15) is 0 Å². The van der Waals surface area contributed by atoms with E-state index in [0.29, 0.717) is 0 Å². The maximum atomic E-state index is 10.7. The monoisotopic (exact) mass is 417 g/mol. The Morgan fingerprint density at radius 1 is 1.21 bits per heavy atom. The minimum atomic E-state index is 0.737. The first-order chi connectivity index (χ1) is 13.6. The number of nitrogens with one attached hydrogen (secondary N) is 1. The molecule has 2 aliphatic rings. The summed E-state index contributed by atoms with van der Waals surface area (Å²) in [6.07, 6.45) is 9.22. The van der Waals surface area contributed by atoms with Gasteiger partial charge in [0.15, 0.2) is 6.29 Å². The summed E-state index contributed by atoms with van der Waals surface area (Å²) in [5.41, 5.74) is 4.20. The average Bonchev–Trinajstić information content (AvgIpc) is 3.42. The zero-order valence-corrected chi connectivity index (χ0v) is 18.2. The number of aromatic nitrogens is 1. The Morgan fingerprint density at radius 2 is 2.00 bits per heavy atom. The molecule has 1 N–H and O–H groups in total. The molecule has 1 aliphatic carbocycles. The van der Waals surface area contributed by atoms with E-state index in [1.807, 2.05) is 26.1 Å². The van der Waals surface area contributed by atoms with Gasteiger partial charge < -0.3 is 9.62 Å². The minimum Gasteiger partial charge on any atom is -0.388 e. The van der Waals surface area contributed by atoms with Gasteiger partial charge in [0.25, 0.3) is 0 Å². The Labute approximate surface area is 177 Å². The minimum absolute atomic E-state index is 0.737. The lowest BCUT2D eigenvalue weighted by Crippen LogP contribution is -2.11. The van der Waals surface area contributed by atoms with Crippen LogP contribution in [0.25, 0.3) is 0 Å². The molecule has 1 aliphatic heterocycles. The van der Waals surface area contributed by atoms with E-state index in [1.54, 1.807) is 18.1 Å². The molecule has 0 bridgehead atoms. The van der Waals surface area contributed by atoms with Crippen molar-refractivity contribution in [2.75, 3.05) is 29.0 Å². The predicted octanol–water partition coefficient (Wildman–Crippen LogP) is 6.10. The van der Waals surface area contributed by atoms with Crippen LogP contribution in [-0.4, -0.2) is 30.6 Å². The fourth-order valence-electron chi connectivity index (χ4n) is 3.67. The molecule has 28 heavy (non-hydrogen) atoms. The van der Waals surface area contributed by atoms with Crippen molar-refractivity contribution in [3.63, 3.8) is 0 Å². The first-order valence-electron chi connectivity index (χ1n) is 9.91. The number of hydrogen-bond donors (Lipinski definition) is 1. The summed E-state index contributed by atoms with van der Waals surface area (Å²) in [6, 6.07) is 8.17. The molecular formula is C22H28ClN3OS. The summed E-state index contributed by atoms with van der Waals surface area (Å²) in [7, 11) is 1.93. The molecule has 2 aromatic rings. The van der Waals surface area contributed by atoms with Crippen LogP contribution in [0.3, 0.4) is 0 Å². The van der Waals surface area contributed by atoms with Crippen molar-refractivity contribution in [1.29, 1.82) is 0 Å².